The number of ether oxygens (including phenoxy) is 1. The number of aliphatic hydroxyl groups is 1. The Hall–Kier alpha value is -0.120. The van der Waals surface area contributed by atoms with E-state index in [2.05, 4.69) is 5.32 Å². The summed E-state index contributed by atoms with van der Waals surface area (Å²) in [5, 5.41) is 12.8. The van der Waals surface area contributed by atoms with E-state index in [-0.39, 0.29) is 12.1 Å². The molecule has 2 N–H and O–H groups in total. The minimum absolute atomic E-state index is 0.163. The number of hydrogen-bond donors (Lipinski definition) is 2. The molecule has 2 rings (SSSR count). The maximum Gasteiger partial charge on any atom is 0.0671 e. The Morgan fingerprint density at radius 2 is 2.07 bits per heavy atom. The normalized spacial score (nSPS) is 27.0. The number of hydrogen-bond acceptors (Lipinski definition) is 3. The Morgan fingerprint density at radius 3 is 2.50 bits per heavy atom. The van der Waals surface area contributed by atoms with Crippen LogP contribution in [0.3, 0.4) is 0 Å². The van der Waals surface area contributed by atoms with Crippen LogP contribution < -0.4 is 5.32 Å². The average molecular weight is 199 g/mol. The summed E-state index contributed by atoms with van der Waals surface area (Å²) in [5.74, 6) is 0. The molecule has 3 heteroatoms. The standard InChI is InChI=1S/C11H21NO2/c1-11(7-13,12-9-5-6-9)8-14-10-3-2-4-10/h9-10,12-13H,2-8H2,1H3. The summed E-state index contributed by atoms with van der Waals surface area (Å²) >= 11 is 0. The van der Waals surface area contributed by atoms with Crippen LogP contribution in [0.5, 0.6) is 0 Å². The van der Waals surface area contributed by atoms with Crippen LogP contribution in [0.2, 0.25) is 0 Å². The van der Waals surface area contributed by atoms with Gasteiger partial charge in [-0.25, -0.2) is 0 Å². The smallest absolute Gasteiger partial charge is 0.0671 e. The van der Waals surface area contributed by atoms with Gasteiger partial charge in [0.05, 0.1) is 24.9 Å². The van der Waals surface area contributed by atoms with Crippen molar-refractivity contribution >= 4 is 0 Å². The lowest BCUT2D eigenvalue weighted by atomic mass is 9.95. The molecule has 0 spiro atoms. The topological polar surface area (TPSA) is 41.5 Å². The van der Waals surface area contributed by atoms with Gasteiger partial charge in [0.2, 0.25) is 0 Å². The fraction of sp³-hybridized carbons (Fsp3) is 1.00. The van der Waals surface area contributed by atoms with Crippen LogP contribution in [0.1, 0.15) is 39.0 Å². The van der Waals surface area contributed by atoms with Crippen LogP contribution in [0.15, 0.2) is 0 Å². The fourth-order valence-corrected chi connectivity index (χ4v) is 1.69. The molecule has 0 amide bonds. The lowest BCUT2D eigenvalue weighted by molar-refractivity contribution is -0.0382. The maximum atomic E-state index is 9.32. The van der Waals surface area contributed by atoms with E-state index in [4.69, 9.17) is 4.74 Å². The van der Waals surface area contributed by atoms with Crippen LogP contribution in [0.25, 0.3) is 0 Å². The zero-order valence-corrected chi connectivity index (χ0v) is 8.96. The largest absolute Gasteiger partial charge is 0.394 e. The van der Waals surface area contributed by atoms with Crippen LogP contribution >= 0.6 is 0 Å². The van der Waals surface area contributed by atoms with E-state index in [1.807, 2.05) is 6.92 Å². The van der Waals surface area contributed by atoms with E-state index in [1.165, 1.54) is 32.1 Å². The molecule has 0 aromatic rings. The highest BCUT2D eigenvalue weighted by molar-refractivity contribution is 4.92. The predicted octanol–water partition coefficient (Wildman–Crippen LogP) is 1.06. The van der Waals surface area contributed by atoms with Gasteiger partial charge in [-0.05, 0) is 39.0 Å². The third-order valence-corrected chi connectivity index (χ3v) is 3.17. The minimum atomic E-state index is -0.225. The molecule has 1 unspecified atom stereocenters. The van der Waals surface area contributed by atoms with E-state index in [0.717, 1.165) is 0 Å². The summed E-state index contributed by atoms with van der Waals surface area (Å²) < 4.78 is 5.74. The minimum Gasteiger partial charge on any atom is -0.394 e. The lowest BCUT2D eigenvalue weighted by Gasteiger charge is -2.33. The Balaban J connectivity index is 1.71. The first kappa shape index (κ1) is 10.4. The first-order valence-electron chi connectivity index (χ1n) is 5.72. The Kier molecular flexibility index (Phi) is 3.10. The summed E-state index contributed by atoms with van der Waals surface area (Å²) in [5.41, 5.74) is -0.225. The van der Waals surface area contributed by atoms with Crippen molar-refractivity contribution < 1.29 is 9.84 Å². The van der Waals surface area contributed by atoms with Crippen molar-refractivity contribution in [2.45, 2.75) is 56.7 Å². The summed E-state index contributed by atoms with van der Waals surface area (Å²) in [6, 6.07) is 0.622. The lowest BCUT2D eigenvalue weighted by Crippen LogP contribution is -2.51. The van der Waals surface area contributed by atoms with Crippen molar-refractivity contribution in [1.82, 2.24) is 5.32 Å². The van der Waals surface area contributed by atoms with Gasteiger partial charge in [0.1, 0.15) is 0 Å². The molecule has 0 heterocycles. The van der Waals surface area contributed by atoms with Gasteiger partial charge in [-0.1, -0.05) is 0 Å². The van der Waals surface area contributed by atoms with E-state index in [0.29, 0.717) is 18.8 Å². The monoisotopic (exact) mass is 199 g/mol. The van der Waals surface area contributed by atoms with E-state index < -0.39 is 0 Å². The third-order valence-electron chi connectivity index (χ3n) is 3.17. The molecule has 14 heavy (non-hydrogen) atoms. The molecule has 0 aromatic carbocycles. The molecular weight excluding hydrogens is 178 g/mol. The molecule has 0 saturated heterocycles. The molecule has 2 fully saturated rings. The zero-order chi connectivity index (χ0) is 10.0. The molecule has 0 bridgehead atoms. The maximum absolute atomic E-state index is 9.32. The van der Waals surface area contributed by atoms with Gasteiger partial charge < -0.3 is 15.2 Å². The highest BCUT2D eigenvalue weighted by Gasteiger charge is 2.33. The van der Waals surface area contributed by atoms with Crippen LogP contribution in [-0.4, -0.2) is 36.0 Å². The third kappa shape index (κ3) is 2.69. The molecule has 0 aromatic heterocycles. The first-order valence-corrected chi connectivity index (χ1v) is 5.72. The second kappa shape index (κ2) is 4.17. The molecule has 2 aliphatic carbocycles. The van der Waals surface area contributed by atoms with E-state index in [9.17, 15) is 5.11 Å². The van der Waals surface area contributed by atoms with E-state index >= 15 is 0 Å². The summed E-state index contributed by atoms with van der Waals surface area (Å²) in [7, 11) is 0. The number of aliphatic hydroxyl groups excluding tert-OH is 1. The molecule has 0 aliphatic heterocycles. The SMILES string of the molecule is CC(CO)(COC1CCC1)NC1CC1. The Morgan fingerprint density at radius 1 is 1.36 bits per heavy atom. The second-order valence-corrected chi connectivity index (χ2v) is 5.00. The average Bonchev–Trinajstić information content (AvgIpc) is 2.85. The van der Waals surface area contributed by atoms with Crippen molar-refractivity contribution in [3.63, 3.8) is 0 Å². The van der Waals surface area contributed by atoms with Crippen molar-refractivity contribution in [3.05, 3.63) is 0 Å². The van der Waals surface area contributed by atoms with Crippen LogP contribution in [-0.2, 0) is 4.74 Å². The second-order valence-electron chi connectivity index (χ2n) is 5.00. The molecular formula is C11H21NO2. The van der Waals surface area contributed by atoms with Crippen LogP contribution in [0.4, 0.5) is 0 Å². The van der Waals surface area contributed by atoms with Crippen molar-refractivity contribution in [2.75, 3.05) is 13.2 Å². The van der Waals surface area contributed by atoms with Gasteiger partial charge in [-0.15, -0.1) is 0 Å². The fourth-order valence-electron chi connectivity index (χ4n) is 1.69. The molecule has 82 valence electrons. The van der Waals surface area contributed by atoms with Gasteiger partial charge in [0.15, 0.2) is 0 Å². The van der Waals surface area contributed by atoms with Gasteiger partial charge >= 0.3 is 0 Å². The van der Waals surface area contributed by atoms with Gasteiger partial charge in [0.25, 0.3) is 0 Å². The Labute approximate surface area is 85.8 Å². The van der Waals surface area contributed by atoms with Crippen LogP contribution in [0, 0.1) is 0 Å². The first-order chi connectivity index (χ1) is 6.72. The molecule has 1 atom stereocenters. The van der Waals surface area contributed by atoms with Crippen molar-refractivity contribution in [2.24, 2.45) is 0 Å². The summed E-state index contributed by atoms with van der Waals surface area (Å²) in [4.78, 5) is 0. The van der Waals surface area contributed by atoms with E-state index in [1.54, 1.807) is 0 Å². The molecule has 0 radical (unpaired) electrons. The summed E-state index contributed by atoms with van der Waals surface area (Å²) in [6.45, 7) is 2.85. The highest BCUT2D eigenvalue weighted by atomic mass is 16.5. The zero-order valence-electron chi connectivity index (χ0n) is 8.96. The number of rotatable bonds is 6. The molecule has 2 saturated carbocycles. The van der Waals surface area contributed by atoms with Crippen molar-refractivity contribution in [1.29, 1.82) is 0 Å². The van der Waals surface area contributed by atoms with Gasteiger partial charge in [0, 0.05) is 6.04 Å². The molecule has 3 nitrogen and oxygen atoms in total. The summed E-state index contributed by atoms with van der Waals surface area (Å²) in [6.07, 6.45) is 6.66. The quantitative estimate of drug-likeness (QED) is 0.672. The highest BCUT2D eigenvalue weighted by Crippen LogP contribution is 2.25. The van der Waals surface area contributed by atoms with Gasteiger partial charge in [-0.3, -0.25) is 0 Å². The Bertz CT molecular complexity index is 190. The predicted molar refractivity (Wildman–Crippen MR) is 55.2 cm³/mol. The van der Waals surface area contributed by atoms with Crippen molar-refractivity contribution in [3.8, 4) is 0 Å². The number of nitrogens with one attached hydrogen (secondary N) is 1. The van der Waals surface area contributed by atoms with Gasteiger partial charge in [-0.2, -0.15) is 0 Å². The molecule has 2 aliphatic rings.